The zero-order valence-electron chi connectivity index (χ0n) is 18.2. The highest BCUT2D eigenvalue weighted by Crippen LogP contribution is 2.29. The van der Waals surface area contributed by atoms with Gasteiger partial charge in [0, 0.05) is 37.9 Å². The lowest BCUT2D eigenvalue weighted by Crippen LogP contribution is -2.47. The number of rotatable bonds is 6. The maximum absolute atomic E-state index is 12.8. The van der Waals surface area contributed by atoms with Crippen LogP contribution in [0.25, 0.3) is 0 Å². The van der Waals surface area contributed by atoms with Gasteiger partial charge >= 0.3 is 0 Å². The molecule has 6 nitrogen and oxygen atoms in total. The highest BCUT2D eigenvalue weighted by Gasteiger charge is 2.33. The summed E-state index contributed by atoms with van der Waals surface area (Å²) in [6.07, 6.45) is 7.90. The van der Waals surface area contributed by atoms with E-state index in [-0.39, 0.29) is 11.9 Å². The fourth-order valence-corrected chi connectivity index (χ4v) is 4.85. The van der Waals surface area contributed by atoms with E-state index in [1.165, 1.54) is 17.7 Å². The van der Waals surface area contributed by atoms with Crippen molar-refractivity contribution >= 4 is 5.91 Å². The van der Waals surface area contributed by atoms with E-state index in [0.29, 0.717) is 18.8 Å². The lowest BCUT2D eigenvalue weighted by Gasteiger charge is -2.35. The van der Waals surface area contributed by atoms with Gasteiger partial charge in [-0.05, 0) is 37.7 Å². The molecule has 4 rings (SSSR count). The molecule has 1 aromatic heterocycles. The van der Waals surface area contributed by atoms with Gasteiger partial charge in [0.2, 0.25) is 0 Å². The lowest BCUT2D eigenvalue weighted by molar-refractivity contribution is 0.00227. The van der Waals surface area contributed by atoms with Crippen molar-refractivity contribution < 1.29 is 9.90 Å². The first kappa shape index (κ1) is 21.1. The molecule has 1 unspecified atom stereocenters. The van der Waals surface area contributed by atoms with Crippen LogP contribution in [0.3, 0.4) is 0 Å². The molecule has 1 atom stereocenters. The van der Waals surface area contributed by atoms with E-state index in [2.05, 4.69) is 17.4 Å². The first-order valence-electron chi connectivity index (χ1n) is 11.2. The maximum Gasteiger partial charge on any atom is 0.274 e. The minimum Gasteiger partial charge on any atom is -0.389 e. The fraction of sp³-hybridized carbons (Fsp3) is 0.583. The predicted octanol–water partition coefficient (Wildman–Crippen LogP) is 2.78. The first-order chi connectivity index (χ1) is 14.5. The molecule has 1 amide bonds. The van der Waals surface area contributed by atoms with Gasteiger partial charge in [0.15, 0.2) is 5.69 Å². The molecule has 1 saturated carbocycles. The van der Waals surface area contributed by atoms with E-state index < -0.39 is 5.60 Å². The average Bonchev–Trinajstić information content (AvgIpc) is 3.10. The van der Waals surface area contributed by atoms with Crippen LogP contribution in [0.2, 0.25) is 0 Å². The smallest absolute Gasteiger partial charge is 0.274 e. The van der Waals surface area contributed by atoms with Crippen molar-refractivity contribution in [2.45, 2.75) is 69.6 Å². The van der Waals surface area contributed by atoms with Gasteiger partial charge in [0.25, 0.3) is 5.91 Å². The SMILES string of the molecule is CN(C)C(=O)c1nn(Cc2ccccc2)c2c1CC(NCC1(O)CCCCC1)CC2. The maximum atomic E-state index is 12.8. The molecule has 6 heteroatoms. The van der Waals surface area contributed by atoms with Crippen molar-refractivity contribution in [1.29, 1.82) is 0 Å². The van der Waals surface area contributed by atoms with E-state index in [9.17, 15) is 9.90 Å². The van der Waals surface area contributed by atoms with Crippen molar-refractivity contribution in [3.63, 3.8) is 0 Å². The molecule has 0 aliphatic heterocycles. The van der Waals surface area contributed by atoms with E-state index in [1.54, 1.807) is 19.0 Å². The monoisotopic (exact) mass is 410 g/mol. The van der Waals surface area contributed by atoms with Crippen molar-refractivity contribution in [2.24, 2.45) is 0 Å². The minimum atomic E-state index is -0.571. The third-order valence-electron chi connectivity index (χ3n) is 6.63. The Hall–Kier alpha value is -2.18. The summed E-state index contributed by atoms with van der Waals surface area (Å²) in [7, 11) is 3.56. The Morgan fingerprint density at radius 2 is 1.97 bits per heavy atom. The minimum absolute atomic E-state index is 0.0374. The Balaban J connectivity index is 1.53. The molecular weight excluding hydrogens is 376 g/mol. The van der Waals surface area contributed by atoms with Crippen LogP contribution in [0, 0.1) is 0 Å². The summed E-state index contributed by atoms with van der Waals surface area (Å²) in [6, 6.07) is 10.5. The Morgan fingerprint density at radius 1 is 1.23 bits per heavy atom. The highest BCUT2D eigenvalue weighted by molar-refractivity contribution is 5.93. The van der Waals surface area contributed by atoms with Gasteiger partial charge in [-0.2, -0.15) is 5.10 Å². The van der Waals surface area contributed by atoms with Crippen LogP contribution in [-0.2, 0) is 19.4 Å². The summed E-state index contributed by atoms with van der Waals surface area (Å²) >= 11 is 0. The van der Waals surface area contributed by atoms with Gasteiger partial charge < -0.3 is 15.3 Å². The number of nitrogens with zero attached hydrogens (tertiary/aromatic N) is 3. The number of aromatic nitrogens is 2. The van der Waals surface area contributed by atoms with Crippen LogP contribution < -0.4 is 5.32 Å². The summed E-state index contributed by atoms with van der Waals surface area (Å²) < 4.78 is 2.02. The number of fused-ring (bicyclic) bond motifs is 1. The summed E-state index contributed by atoms with van der Waals surface area (Å²) in [4.78, 5) is 14.4. The number of hydrogen-bond donors (Lipinski definition) is 2. The molecule has 2 aromatic rings. The van der Waals surface area contributed by atoms with Crippen molar-refractivity contribution in [3.8, 4) is 0 Å². The highest BCUT2D eigenvalue weighted by atomic mass is 16.3. The van der Waals surface area contributed by atoms with Crippen molar-refractivity contribution in [3.05, 3.63) is 52.8 Å². The Morgan fingerprint density at radius 3 is 2.67 bits per heavy atom. The first-order valence-corrected chi connectivity index (χ1v) is 11.2. The zero-order chi connectivity index (χ0) is 21.1. The number of nitrogens with one attached hydrogen (secondary N) is 1. The number of carbonyl (C=O) groups is 1. The van der Waals surface area contributed by atoms with E-state index >= 15 is 0 Å². The molecule has 2 N–H and O–H groups in total. The van der Waals surface area contributed by atoms with Gasteiger partial charge in [-0.1, -0.05) is 49.6 Å². The average molecular weight is 411 g/mol. The van der Waals surface area contributed by atoms with Crippen molar-refractivity contribution in [1.82, 2.24) is 20.0 Å². The summed E-state index contributed by atoms with van der Waals surface area (Å²) in [5, 5.41) is 19.2. The number of amides is 1. The van der Waals surface area contributed by atoms with E-state index in [0.717, 1.165) is 50.5 Å². The molecule has 2 aliphatic rings. The molecular formula is C24H34N4O2. The molecule has 162 valence electrons. The van der Waals surface area contributed by atoms with Crippen LogP contribution >= 0.6 is 0 Å². The van der Waals surface area contributed by atoms with Crippen LogP contribution in [0.5, 0.6) is 0 Å². The Bertz CT molecular complexity index is 869. The van der Waals surface area contributed by atoms with Gasteiger partial charge in [-0.3, -0.25) is 9.48 Å². The second kappa shape index (κ2) is 8.90. The second-order valence-electron chi connectivity index (χ2n) is 9.22. The number of benzene rings is 1. The van der Waals surface area contributed by atoms with Crippen LogP contribution in [0.15, 0.2) is 30.3 Å². The molecule has 0 saturated heterocycles. The Kier molecular flexibility index (Phi) is 6.25. The molecule has 0 radical (unpaired) electrons. The van der Waals surface area contributed by atoms with Gasteiger partial charge in [-0.25, -0.2) is 0 Å². The quantitative estimate of drug-likeness (QED) is 0.768. The van der Waals surface area contributed by atoms with Crippen LogP contribution in [0.1, 0.15) is 65.8 Å². The number of hydrogen-bond acceptors (Lipinski definition) is 4. The van der Waals surface area contributed by atoms with Gasteiger partial charge in [-0.15, -0.1) is 0 Å². The molecule has 0 bridgehead atoms. The lowest BCUT2D eigenvalue weighted by atomic mass is 9.84. The number of carbonyl (C=O) groups excluding carboxylic acids is 1. The summed E-state index contributed by atoms with van der Waals surface area (Å²) in [5.41, 5.74) is 3.45. The van der Waals surface area contributed by atoms with Gasteiger partial charge in [0.1, 0.15) is 0 Å². The fourth-order valence-electron chi connectivity index (χ4n) is 4.85. The zero-order valence-corrected chi connectivity index (χ0v) is 18.2. The largest absolute Gasteiger partial charge is 0.389 e. The van der Waals surface area contributed by atoms with Gasteiger partial charge in [0.05, 0.1) is 12.1 Å². The normalized spacial score (nSPS) is 20.6. The molecule has 1 heterocycles. The van der Waals surface area contributed by atoms with Crippen LogP contribution in [0.4, 0.5) is 0 Å². The third kappa shape index (κ3) is 4.60. The van der Waals surface area contributed by atoms with E-state index in [4.69, 9.17) is 5.10 Å². The van der Waals surface area contributed by atoms with E-state index in [1.807, 2.05) is 22.9 Å². The van der Waals surface area contributed by atoms with Crippen molar-refractivity contribution in [2.75, 3.05) is 20.6 Å². The predicted molar refractivity (Wildman–Crippen MR) is 118 cm³/mol. The second-order valence-corrected chi connectivity index (χ2v) is 9.22. The topological polar surface area (TPSA) is 70.4 Å². The molecule has 0 spiro atoms. The molecule has 1 aromatic carbocycles. The third-order valence-corrected chi connectivity index (χ3v) is 6.63. The summed E-state index contributed by atoms with van der Waals surface area (Å²) in [6.45, 7) is 1.32. The summed E-state index contributed by atoms with van der Waals surface area (Å²) in [5.74, 6) is -0.0374. The van der Waals surface area contributed by atoms with Crippen LogP contribution in [-0.4, -0.2) is 58.0 Å². The standard InChI is InChI=1S/C24H34N4O2/c1-27(2)23(29)22-20-15-19(25-17-24(30)13-7-4-8-14-24)11-12-21(20)28(26-22)16-18-9-5-3-6-10-18/h3,5-6,9-10,19,25,30H,4,7-8,11-17H2,1-2H3. The molecule has 30 heavy (non-hydrogen) atoms. The number of aliphatic hydroxyl groups is 1. The molecule has 2 aliphatic carbocycles. The Labute approximate surface area is 179 Å². The molecule has 1 fully saturated rings.